The molecule has 8 heteroatoms. The Balaban J connectivity index is 1.79. The zero-order valence-electron chi connectivity index (χ0n) is 12.9. The van der Waals surface area contributed by atoms with Gasteiger partial charge in [0.25, 0.3) is 5.91 Å². The van der Waals surface area contributed by atoms with Gasteiger partial charge in [-0.05, 0) is 18.6 Å². The molecule has 1 aromatic heterocycles. The number of amides is 1. The Hall–Kier alpha value is -2.61. The summed E-state index contributed by atoms with van der Waals surface area (Å²) in [6.45, 7) is 0.547. The second-order valence-electron chi connectivity index (χ2n) is 5.07. The van der Waals surface area contributed by atoms with Gasteiger partial charge in [-0.1, -0.05) is 6.07 Å². The van der Waals surface area contributed by atoms with Crippen molar-refractivity contribution < 1.29 is 19.0 Å². The number of hydrogen-bond acceptors (Lipinski definition) is 6. The number of carbonyl (C=O) groups is 1. The van der Waals surface area contributed by atoms with Crippen LogP contribution in [-0.2, 0) is 4.74 Å². The van der Waals surface area contributed by atoms with E-state index in [4.69, 9.17) is 14.2 Å². The zero-order chi connectivity index (χ0) is 16.2. The SMILES string of the molecule is COc1cccc(C(=O)N[C@H]2CCO[C@H]2c2ncn[nH]2)c1OC. The number of para-hydroxylation sites is 1. The maximum absolute atomic E-state index is 12.6. The number of hydrogen-bond donors (Lipinski definition) is 2. The van der Waals surface area contributed by atoms with Gasteiger partial charge in [-0.3, -0.25) is 9.89 Å². The molecule has 0 saturated carbocycles. The van der Waals surface area contributed by atoms with Gasteiger partial charge in [0.15, 0.2) is 17.3 Å². The average Bonchev–Trinajstić information content (AvgIpc) is 3.24. The number of aromatic nitrogens is 3. The van der Waals surface area contributed by atoms with Crippen molar-refractivity contribution in [1.29, 1.82) is 0 Å². The van der Waals surface area contributed by atoms with Crippen molar-refractivity contribution in [3.05, 3.63) is 35.9 Å². The molecule has 0 bridgehead atoms. The normalized spacial score (nSPS) is 20.3. The third-order valence-electron chi connectivity index (χ3n) is 3.76. The molecular formula is C15H18N4O4. The van der Waals surface area contributed by atoms with E-state index in [0.29, 0.717) is 35.9 Å². The van der Waals surface area contributed by atoms with E-state index in [-0.39, 0.29) is 18.1 Å². The first-order valence-electron chi connectivity index (χ1n) is 7.23. The number of rotatable bonds is 5. The number of methoxy groups -OCH3 is 2. The maximum atomic E-state index is 12.6. The number of nitrogens with one attached hydrogen (secondary N) is 2. The summed E-state index contributed by atoms with van der Waals surface area (Å²) in [4.78, 5) is 16.7. The van der Waals surface area contributed by atoms with Crippen LogP contribution in [0.5, 0.6) is 11.5 Å². The standard InChI is InChI=1S/C15H18N4O4/c1-21-11-5-3-4-9(12(11)22-2)15(20)18-10-6-7-23-13(10)14-16-8-17-19-14/h3-5,8,10,13H,6-7H2,1-2H3,(H,18,20)(H,16,17,19)/t10-,13+/m0/s1. The molecule has 1 aromatic carbocycles. The van der Waals surface area contributed by atoms with Crippen molar-refractivity contribution in [2.45, 2.75) is 18.6 Å². The Bertz CT molecular complexity index is 674. The molecule has 1 amide bonds. The lowest BCUT2D eigenvalue weighted by Crippen LogP contribution is -2.37. The lowest BCUT2D eigenvalue weighted by atomic mass is 10.1. The third kappa shape index (κ3) is 2.98. The molecule has 1 saturated heterocycles. The van der Waals surface area contributed by atoms with Crippen LogP contribution in [0.15, 0.2) is 24.5 Å². The predicted molar refractivity (Wildman–Crippen MR) is 80.5 cm³/mol. The van der Waals surface area contributed by atoms with Crippen LogP contribution < -0.4 is 14.8 Å². The van der Waals surface area contributed by atoms with Crippen molar-refractivity contribution in [3.63, 3.8) is 0 Å². The van der Waals surface area contributed by atoms with Gasteiger partial charge in [0.1, 0.15) is 12.4 Å². The molecule has 0 spiro atoms. The van der Waals surface area contributed by atoms with Crippen molar-refractivity contribution in [1.82, 2.24) is 20.5 Å². The summed E-state index contributed by atoms with van der Waals surface area (Å²) in [6, 6.07) is 4.99. The van der Waals surface area contributed by atoms with Crippen molar-refractivity contribution >= 4 is 5.91 Å². The summed E-state index contributed by atoms with van der Waals surface area (Å²) in [5.41, 5.74) is 0.412. The van der Waals surface area contributed by atoms with Gasteiger partial charge < -0.3 is 19.5 Å². The molecule has 8 nitrogen and oxygen atoms in total. The first-order chi connectivity index (χ1) is 11.2. The lowest BCUT2D eigenvalue weighted by molar-refractivity contribution is 0.0789. The average molecular weight is 318 g/mol. The second-order valence-corrected chi connectivity index (χ2v) is 5.07. The number of benzene rings is 1. The smallest absolute Gasteiger partial charge is 0.255 e. The van der Waals surface area contributed by atoms with Crippen LogP contribution in [-0.4, -0.2) is 48.0 Å². The van der Waals surface area contributed by atoms with Crippen LogP contribution in [0, 0.1) is 0 Å². The van der Waals surface area contributed by atoms with E-state index >= 15 is 0 Å². The fourth-order valence-electron chi connectivity index (χ4n) is 2.67. The fourth-order valence-corrected chi connectivity index (χ4v) is 2.67. The number of ether oxygens (including phenoxy) is 3. The van der Waals surface area contributed by atoms with Gasteiger partial charge in [-0.15, -0.1) is 0 Å². The molecule has 23 heavy (non-hydrogen) atoms. The fraction of sp³-hybridized carbons (Fsp3) is 0.400. The molecule has 2 aromatic rings. The van der Waals surface area contributed by atoms with Crippen molar-refractivity contribution in [2.24, 2.45) is 0 Å². The summed E-state index contributed by atoms with van der Waals surface area (Å²) >= 11 is 0. The first-order valence-corrected chi connectivity index (χ1v) is 7.23. The summed E-state index contributed by atoms with van der Waals surface area (Å²) in [5, 5.41) is 9.58. The molecule has 2 N–H and O–H groups in total. The van der Waals surface area contributed by atoms with Gasteiger partial charge in [0.2, 0.25) is 0 Å². The number of nitrogens with zero attached hydrogens (tertiary/aromatic N) is 2. The minimum Gasteiger partial charge on any atom is -0.493 e. The van der Waals surface area contributed by atoms with Gasteiger partial charge in [-0.25, -0.2) is 4.98 Å². The van der Waals surface area contributed by atoms with Crippen LogP contribution in [0.25, 0.3) is 0 Å². The van der Waals surface area contributed by atoms with Crippen molar-refractivity contribution in [3.8, 4) is 11.5 Å². The van der Waals surface area contributed by atoms with Gasteiger partial charge >= 0.3 is 0 Å². The summed E-state index contributed by atoms with van der Waals surface area (Å²) in [6.07, 6.45) is 1.78. The predicted octanol–water partition coefficient (Wildman–Crippen LogP) is 1.08. The summed E-state index contributed by atoms with van der Waals surface area (Å²) < 4.78 is 16.2. The molecule has 2 heterocycles. The summed E-state index contributed by atoms with van der Waals surface area (Å²) in [5.74, 6) is 1.27. The Morgan fingerprint density at radius 2 is 2.26 bits per heavy atom. The van der Waals surface area contributed by atoms with E-state index < -0.39 is 0 Å². The molecule has 0 radical (unpaired) electrons. The highest BCUT2D eigenvalue weighted by Crippen LogP contribution is 2.32. The second kappa shape index (κ2) is 6.66. The van der Waals surface area contributed by atoms with E-state index in [2.05, 4.69) is 20.5 Å². The highest BCUT2D eigenvalue weighted by molar-refractivity contribution is 5.98. The van der Waals surface area contributed by atoms with Crippen LogP contribution in [0.4, 0.5) is 0 Å². The minimum atomic E-state index is -0.335. The lowest BCUT2D eigenvalue weighted by Gasteiger charge is -2.19. The number of aromatic amines is 1. The van der Waals surface area contributed by atoms with Gasteiger partial charge in [-0.2, -0.15) is 5.10 Å². The molecule has 0 unspecified atom stereocenters. The Morgan fingerprint density at radius 3 is 2.96 bits per heavy atom. The van der Waals surface area contributed by atoms with Crippen LogP contribution in [0.2, 0.25) is 0 Å². The topological polar surface area (TPSA) is 98.4 Å². The maximum Gasteiger partial charge on any atom is 0.255 e. The van der Waals surface area contributed by atoms with E-state index in [9.17, 15) is 4.79 Å². The third-order valence-corrected chi connectivity index (χ3v) is 3.76. The molecule has 2 atom stereocenters. The van der Waals surface area contributed by atoms with Crippen LogP contribution in [0.3, 0.4) is 0 Å². The van der Waals surface area contributed by atoms with Crippen LogP contribution >= 0.6 is 0 Å². The molecule has 122 valence electrons. The highest BCUT2D eigenvalue weighted by atomic mass is 16.5. The molecular weight excluding hydrogens is 300 g/mol. The number of H-pyrrole nitrogens is 1. The van der Waals surface area contributed by atoms with Gasteiger partial charge in [0, 0.05) is 6.61 Å². The van der Waals surface area contributed by atoms with E-state index in [1.165, 1.54) is 20.5 Å². The highest BCUT2D eigenvalue weighted by Gasteiger charge is 2.33. The Labute approximate surface area is 133 Å². The monoisotopic (exact) mass is 318 g/mol. The van der Waals surface area contributed by atoms with Crippen molar-refractivity contribution in [2.75, 3.05) is 20.8 Å². The number of carbonyl (C=O) groups excluding carboxylic acids is 1. The summed E-state index contributed by atoms with van der Waals surface area (Å²) in [7, 11) is 3.04. The molecule has 1 fully saturated rings. The molecule has 3 rings (SSSR count). The molecule has 1 aliphatic heterocycles. The first kappa shape index (κ1) is 15.3. The van der Waals surface area contributed by atoms with Gasteiger partial charge in [0.05, 0.1) is 25.8 Å². The minimum absolute atomic E-state index is 0.189. The van der Waals surface area contributed by atoms with E-state index in [1.807, 2.05) is 0 Å². The molecule has 1 aliphatic rings. The largest absolute Gasteiger partial charge is 0.493 e. The van der Waals surface area contributed by atoms with E-state index in [1.54, 1.807) is 18.2 Å². The quantitative estimate of drug-likeness (QED) is 0.856. The zero-order valence-corrected chi connectivity index (χ0v) is 12.9. The van der Waals surface area contributed by atoms with Crippen LogP contribution in [0.1, 0.15) is 28.7 Å². The Kier molecular flexibility index (Phi) is 4.42. The molecule has 0 aliphatic carbocycles. The Morgan fingerprint density at radius 1 is 1.39 bits per heavy atom. The van der Waals surface area contributed by atoms with E-state index in [0.717, 1.165) is 0 Å².